The Kier molecular flexibility index (Phi) is 6.01. The predicted octanol–water partition coefficient (Wildman–Crippen LogP) is 5.24. The van der Waals surface area contributed by atoms with Crippen LogP contribution in [0.1, 0.15) is 32.1 Å². The number of nitrogens with one attached hydrogen (secondary N) is 2. The van der Waals surface area contributed by atoms with E-state index in [-0.39, 0.29) is 10.6 Å². The number of rotatable bonds is 6. The lowest BCUT2D eigenvalue weighted by molar-refractivity contribution is 0.373. The highest BCUT2D eigenvalue weighted by Crippen LogP contribution is 2.32. The molecule has 8 heteroatoms. The zero-order chi connectivity index (χ0) is 21.1. The van der Waals surface area contributed by atoms with Gasteiger partial charge in [-0.3, -0.25) is 4.72 Å². The maximum atomic E-state index is 12.9. The number of halogens is 1. The second kappa shape index (κ2) is 8.70. The number of benzene rings is 2. The van der Waals surface area contributed by atoms with Crippen LogP contribution in [-0.4, -0.2) is 15.0 Å². The molecule has 2 aromatic carbocycles. The molecule has 0 unspecified atom stereocenters. The van der Waals surface area contributed by atoms with Crippen molar-refractivity contribution in [1.29, 1.82) is 0 Å². The summed E-state index contributed by atoms with van der Waals surface area (Å²) in [5.41, 5.74) is 0.00453. The van der Waals surface area contributed by atoms with Crippen LogP contribution < -0.4 is 15.7 Å². The topological polar surface area (TPSA) is 88.4 Å². The molecule has 3 aromatic rings. The van der Waals surface area contributed by atoms with Gasteiger partial charge in [-0.25, -0.2) is 13.2 Å². The summed E-state index contributed by atoms with van der Waals surface area (Å²) >= 11 is 5.86. The molecular formula is C22H23ClN2O4S. The molecule has 1 saturated carbocycles. The summed E-state index contributed by atoms with van der Waals surface area (Å²) in [5, 5.41) is 4.42. The number of fused-ring (bicyclic) bond motifs is 1. The molecule has 1 heterocycles. The molecule has 0 radical (unpaired) electrons. The van der Waals surface area contributed by atoms with Gasteiger partial charge in [-0.15, -0.1) is 0 Å². The minimum atomic E-state index is -4.00. The molecule has 1 aliphatic carbocycles. The van der Waals surface area contributed by atoms with Gasteiger partial charge in [-0.05, 0) is 55.2 Å². The SMILES string of the molecule is O=c1oc2ccccc2c(NCC2CCCCC2)c1NS(=O)(=O)c1ccc(Cl)cc1. The maximum absolute atomic E-state index is 12.9. The van der Waals surface area contributed by atoms with Gasteiger partial charge in [0.2, 0.25) is 0 Å². The molecule has 0 aliphatic heterocycles. The van der Waals surface area contributed by atoms with Crippen molar-refractivity contribution in [1.82, 2.24) is 0 Å². The summed E-state index contributed by atoms with van der Waals surface area (Å²) in [6.07, 6.45) is 5.89. The molecule has 2 N–H and O–H groups in total. The highest BCUT2D eigenvalue weighted by molar-refractivity contribution is 7.92. The second-order valence-electron chi connectivity index (χ2n) is 7.58. The van der Waals surface area contributed by atoms with E-state index in [9.17, 15) is 13.2 Å². The van der Waals surface area contributed by atoms with E-state index in [0.29, 0.717) is 34.1 Å². The Hall–Kier alpha value is -2.51. The molecule has 4 rings (SSSR count). The normalized spacial score (nSPS) is 15.2. The van der Waals surface area contributed by atoms with Gasteiger partial charge in [0.05, 0.1) is 10.6 Å². The molecule has 30 heavy (non-hydrogen) atoms. The summed E-state index contributed by atoms with van der Waals surface area (Å²) in [6, 6.07) is 12.9. The Labute approximate surface area is 180 Å². The van der Waals surface area contributed by atoms with Gasteiger partial charge in [-0.1, -0.05) is 43.0 Å². The van der Waals surface area contributed by atoms with E-state index in [4.69, 9.17) is 16.0 Å². The van der Waals surface area contributed by atoms with E-state index in [0.717, 1.165) is 12.8 Å². The Bertz CT molecular complexity index is 1200. The van der Waals surface area contributed by atoms with Crippen molar-refractivity contribution in [3.63, 3.8) is 0 Å². The minimum Gasteiger partial charge on any atom is -0.421 e. The number of hydrogen-bond acceptors (Lipinski definition) is 5. The summed E-state index contributed by atoms with van der Waals surface area (Å²) in [6.45, 7) is 0.670. The smallest absolute Gasteiger partial charge is 0.363 e. The maximum Gasteiger partial charge on any atom is 0.363 e. The fourth-order valence-corrected chi connectivity index (χ4v) is 5.06. The minimum absolute atomic E-state index is 0.0117. The molecular weight excluding hydrogens is 424 g/mol. The third-order valence-corrected chi connectivity index (χ3v) is 7.08. The monoisotopic (exact) mass is 446 g/mol. The Morgan fingerprint density at radius 2 is 1.67 bits per heavy atom. The third-order valence-electron chi connectivity index (χ3n) is 5.47. The number of sulfonamides is 1. The molecule has 1 aliphatic rings. The van der Waals surface area contributed by atoms with Crippen molar-refractivity contribution in [2.24, 2.45) is 5.92 Å². The number of hydrogen-bond donors (Lipinski definition) is 2. The summed E-state index contributed by atoms with van der Waals surface area (Å²) in [4.78, 5) is 12.7. The molecule has 6 nitrogen and oxygen atoms in total. The van der Waals surface area contributed by atoms with Crippen molar-refractivity contribution in [3.8, 4) is 0 Å². The van der Waals surface area contributed by atoms with Crippen molar-refractivity contribution < 1.29 is 12.8 Å². The summed E-state index contributed by atoms with van der Waals surface area (Å²) in [7, 11) is -4.00. The van der Waals surface area contributed by atoms with Gasteiger partial charge in [0.25, 0.3) is 10.0 Å². The van der Waals surface area contributed by atoms with Crippen LogP contribution in [0.4, 0.5) is 11.4 Å². The van der Waals surface area contributed by atoms with Crippen molar-refractivity contribution in [2.75, 3.05) is 16.6 Å². The van der Waals surface area contributed by atoms with E-state index in [1.165, 1.54) is 43.5 Å². The van der Waals surface area contributed by atoms with Gasteiger partial charge in [-0.2, -0.15) is 0 Å². The molecule has 1 aromatic heterocycles. The fraction of sp³-hybridized carbons (Fsp3) is 0.318. The first-order valence-corrected chi connectivity index (χ1v) is 11.9. The first kappa shape index (κ1) is 20.8. The van der Waals surface area contributed by atoms with E-state index < -0.39 is 15.6 Å². The molecule has 0 atom stereocenters. The molecule has 1 fully saturated rings. The van der Waals surface area contributed by atoms with Crippen LogP contribution in [0.3, 0.4) is 0 Å². The molecule has 0 spiro atoms. The second-order valence-corrected chi connectivity index (χ2v) is 9.70. The molecule has 0 bridgehead atoms. The molecule has 0 saturated heterocycles. The lowest BCUT2D eigenvalue weighted by atomic mass is 9.89. The summed E-state index contributed by atoms with van der Waals surface area (Å²) < 4.78 is 33.6. The number of para-hydroxylation sites is 1. The fourth-order valence-electron chi connectivity index (χ4n) is 3.87. The van der Waals surface area contributed by atoms with Crippen LogP contribution in [-0.2, 0) is 10.0 Å². The highest BCUT2D eigenvalue weighted by Gasteiger charge is 2.23. The van der Waals surface area contributed by atoms with Crippen LogP contribution >= 0.6 is 11.6 Å². The van der Waals surface area contributed by atoms with E-state index in [1.54, 1.807) is 12.1 Å². The first-order chi connectivity index (χ1) is 14.4. The largest absolute Gasteiger partial charge is 0.421 e. The van der Waals surface area contributed by atoms with Crippen LogP contribution in [0.25, 0.3) is 11.0 Å². The van der Waals surface area contributed by atoms with Gasteiger partial charge in [0, 0.05) is 17.0 Å². The van der Waals surface area contributed by atoms with Gasteiger partial charge in [0.1, 0.15) is 5.58 Å². The van der Waals surface area contributed by atoms with E-state index >= 15 is 0 Å². The average Bonchev–Trinajstić information content (AvgIpc) is 2.74. The van der Waals surface area contributed by atoms with Crippen molar-refractivity contribution in [3.05, 3.63) is 64.0 Å². The van der Waals surface area contributed by atoms with Crippen LogP contribution in [0, 0.1) is 5.92 Å². The van der Waals surface area contributed by atoms with Crippen molar-refractivity contribution >= 4 is 44.0 Å². The first-order valence-electron chi connectivity index (χ1n) is 10.0. The van der Waals surface area contributed by atoms with Crippen LogP contribution in [0.5, 0.6) is 0 Å². The average molecular weight is 447 g/mol. The van der Waals surface area contributed by atoms with E-state index in [2.05, 4.69) is 10.0 Å². The zero-order valence-electron chi connectivity index (χ0n) is 16.4. The number of anilines is 2. The van der Waals surface area contributed by atoms with Crippen molar-refractivity contribution in [2.45, 2.75) is 37.0 Å². The third kappa shape index (κ3) is 4.47. The standard InChI is InChI=1S/C22H23ClN2O4S/c23-16-10-12-17(13-11-16)30(27,28)25-21-20(24-14-15-6-2-1-3-7-15)18-8-4-5-9-19(18)29-22(21)26/h4-5,8-13,15,24-25H,1-3,6-7,14H2. The Morgan fingerprint density at radius 3 is 2.40 bits per heavy atom. The van der Waals surface area contributed by atoms with Gasteiger partial charge < -0.3 is 9.73 Å². The van der Waals surface area contributed by atoms with E-state index in [1.807, 2.05) is 12.1 Å². The Balaban J connectivity index is 1.73. The van der Waals surface area contributed by atoms with Crippen LogP contribution in [0.15, 0.2) is 62.6 Å². The van der Waals surface area contributed by atoms with Gasteiger partial charge in [0.15, 0.2) is 5.69 Å². The quantitative estimate of drug-likeness (QED) is 0.505. The predicted molar refractivity (Wildman–Crippen MR) is 120 cm³/mol. The lowest BCUT2D eigenvalue weighted by Gasteiger charge is -2.23. The highest BCUT2D eigenvalue weighted by atomic mass is 35.5. The zero-order valence-corrected chi connectivity index (χ0v) is 17.9. The Morgan fingerprint density at radius 1 is 0.967 bits per heavy atom. The molecule has 0 amide bonds. The summed E-state index contributed by atoms with van der Waals surface area (Å²) in [5.74, 6) is 0.491. The van der Waals surface area contributed by atoms with Crippen LogP contribution in [0.2, 0.25) is 5.02 Å². The molecule has 158 valence electrons. The lowest BCUT2D eigenvalue weighted by Crippen LogP contribution is -2.23. The van der Waals surface area contributed by atoms with Gasteiger partial charge >= 0.3 is 5.63 Å².